The summed E-state index contributed by atoms with van der Waals surface area (Å²) >= 11 is 0. The van der Waals surface area contributed by atoms with E-state index in [-0.39, 0.29) is 17.5 Å². The van der Waals surface area contributed by atoms with E-state index in [1.165, 1.54) is 13.9 Å². The molecule has 0 bridgehead atoms. The maximum atomic E-state index is 6.91. The Bertz CT molecular complexity index is 1340. The Morgan fingerprint density at radius 2 is 1.63 bits per heavy atom. The van der Waals surface area contributed by atoms with Gasteiger partial charge in [-0.2, -0.15) is 0 Å². The lowest BCUT2D eigenvalue weighted by Crippen LogP contribution is -2.47. The molecule has 2 aromatic heterocycles. The molecule has 0 spiro atoms. The van der Waals surface area contributed by atoms with Gasteiger partial charge < -0.3 is 4.40 Å². The van der Waals surface area contributed by atoms with Crippen LogP contribution in [-0.4, -0.2) is 86.0 Å². The van der Waals surface area contributed by atoms with Crippen molar-refractivity contribution in [1.29, 1.82) is 0 Å². The van der Waals surface area contributed by atoms with Crippen LogP contribution in [0, 0.1) is 45.0 Å². The second-order valence-corrected chi connectivity index (χ2v) is 9.08. The zero-order valence-electron chi connectivity index (χ0n) is 21.2. The smallest absolute Gasteiger partial charge is 0.0777 e. The van der Waals surface area contributed by atoms with E-state index in [2.05, 4.69) is 50.8 Å². The summed E-state index contributed by atoms with van der Waals surface area (Å²) in [4.78, 5) is 0. The van der Waals surface area contributed by atoms with E-state index in [9.17, 15) is 0 Å². The van der Waals surface area contributed by atoms with Gasteiger partial charge in [0.2, 0.25) is 0 Å². The number of aryl methyl sites for hydroxylation is 3. The Kier molecular flexibility index (Phi) is 8.58. The second-order valence-electron chi connectivity index (χ2n) is 9.08. The van der Waals surface area contributed by atoms with Crippen molar-refractivity contribution in [2.45, 2.75) is 57.8 Å². The Labute approximate surface area is 223 Å². The van der Waals surface area contributed by atoms with Crippen LogP contribution < -0.4 is 0 Å². The molecule has 12 heteroatoms. The Morgan fingerprint density at radius 3 is 2.11 bits per heavy atom. The van der Waals surface area contributed by atoms with E-state index in [0.29, 0.717) is 0 Å². The lowest BCUT2D eigenvalue weighted by molar-refractivity contribution is 0.624. The summed E-state index contributed by atoms with van der Waals surface area (Å²) < 4.78 is 2.24. The molecule has 0 aliphatic heterocycles. The second kappa shape index (κ2) is 10.8. The molecule has 0 saturated heterocycles. The first kappa shape index (κ1) is 27.9. The minimum atomic E-state index is -0.706. The van der Waals surface area contributed by atoms with Gasteiger partial charge >= 0.3 is 0 Å². The fraction of sp³-hybridized carbons (Fsp3) is 0.391. The van der Waals surface area contributed by atoms with Gasteiger partial charge in [0.15, 0.2) is 0 Å². The molecule has 3 aromatic rings. The molecule has 0 amide bonds. The van der Waals surface area contributed by atoms with Crippen LogP contribution in [0.25, 0.3) is 16.3 Å². The van der Waals surface area contributed by atoms with Gasteiger partial charge in [-0.3, -0.25) is 0 Å². The minimum Gasteiger partial charge on any atom is -0.317 e. The summed E-state index contributed by atoms with van der Waals surface area (Å²) in [7, 11) is 45.8. The number of terminal acetylenes is 1. The highest BCUT2D eigenvalue weighted by Gasteiger charge is 2.46. The van der Waals surface area contributed by atoms with E-state index < -0.39 is 18.8 Å². The van der Waals surface area contributed by atoms with Crippen LogP contribution in [0.2, 0.25) is 18.5 Å². The van der Waals surface area contributed by atoms with E-state index >= 15 is 0 Å². The molecular formula is C23H20B11N. The molecule has 0 fully saturated rings. The number of fused-ring (bicyclic) bond motifs is 3. The first-order valence-electron chi connectivity index (χ1n) is 11.7. The SMILES string of the molecule is [B]C.[B][B]B([B])C1c2c(n3c(C)c(C)c4c(C)c(C#C)c(C#CC)c2c43)C([B])C([B][B])C1B([B])[B]. The number of aromatic nitrogens is 1. The maximum absolute atomic E-state index is 6.91. The maximum Gasteiger partial charge on any atom is 0.0777 e. The van der Waals surface area contributed by atoms with Crippen LogP contribution in [0.4, 0.5) is 0 Å². The topological polar surface area (TPSA) is 4.41 Å². The first-order chi connectivity index (χ1) is 16.7. The van der Waals surface area contributed by atoms with Gasteiger partial charge in [0.05, 0.1) is 40.4 Å². The lowest BCUT2D eigenvalue weighted by atomic mass is 8.96. The molecule has 1 aliphatic rings. The molecule has 4 rings (SSSR count). The van der Waals surface area contributed by atoms with Crippen LogP contribution in [0.3, 0.4) is 0 Å². The van der Waals surface area contributed by atoms with Crippen molar-refractivity contribution < 1.29 is 0 Å². The summed E-state index contributed by atoms with van der Waals surface area (Å²) in [6.07, 6.45) is 6.03. The number of benzene rings is 1. The Morgan fingerprint density at radius 1 is 1.00 bits per heavy atom. The first-order valence-corrected chi connectivity index (χ1v) is 11.7. The van der Waals surface area contributed by atoms with E-state index in [4.69, 9.17) is 53.0 Å². The predicted molar refractivity (Wildman–Crippen MR) is 163 cm³/mol. The van der Waals surface area contributed by atoms with E-state index in [1.807, 2.05) is 0 Å². The molecule has 16 radical (unpaired) electrons. The third-order valence-electron chi connectivity index (χ3n) is 7.61. The molecule has 4 atom stereocenters. The molecule has 0 N–H and O–H groups in total. The molecule has 1 nitrogen and oxygen atoms in total. The van der Waals surface area contributed by atoms with Crippen LogP contribution in [0.15, 0.2) is 0 Å². The summed E-state index contributed by atoms with van der Waals surface area (Å²) in [6, 6.07) is 0. The normalized spacial score (nSPS) is 20.7. The fourth-order valence-corrected chi connectivity index (χ4v) is 6.13. The van der Waals surface area contributed by atoms with Crippen molar-refractivity contribution >= 4 is 97.9 Å². The number of rotatable bonds is 4. The standard InChI is InChI=1S/C22H17B10N.CH3B/c1-6-8-13-12(7-2)10(4)14-9(3)11(5)33-21(14)15(13)16-19(32(28)30-25)20(31(26)27)18(29-24)17(23)22(16)33;1-2/h2,17-20H,1,3-5H3;1H3. The molecule has 1 aliphatic carbocycles. The minimum absolute atomic E-state index is 0.292. The van der Waals surface area contributed by atoms with Gasteiger partial charge in [0.1, 0.15) is 0 Å². The third kappa shape index (κ3) is 3.90. The van der Waals surface area contributed by atoms with Gasteiger partial charge in [0.25, 0.3) is 0 Å². The van der Waals surface area contributed by atoms with Crippen molar-refractivity contribution in [3.8, 4) is 24.2 Å². The van der Waals surface area contributed by atoms with Crippen molar-refractivity contribution in [1.82, 2.24) is 4.40 Å². The van der Waals surface area contributed by atoms with Crippen LogP contribution >= 0.6 is 0 Å². The third-order valence-corrected chi connectivity index (χ3v) is 7.61. The van der Waals surface area contributed by atoms with Gasteiger partial charge in [-0.1, -0.05) is 36.1 Å². The molecule has 1 aromatic carbocycles. The number of hydrogen-bond donors (Lipinski definition) is 0. The van der Waals surface area contributed by atoms with Gasteiger partial charge in [-0.25, -0.2) is 0 Å². The van der Waals surface area contributed by atoms with E-state index in [1.54, 1.807) is 14.1 Å². The van der Waals surface area contributed by atoms with Crippen molar-refractivity contribution in [2.24, 2.45) is 0 Å². The van der Waals surface area contributed by atoms with Crippen LogP contribution in [-0.2, 0) is 0 Å². The zero-order valence-corrected chi connectivity index (χ0v) is 21.2. The van der Waals surface area contributed by atoms with Crippen molar-refractivity contribution in [3.05, 3.63) is 39.2 Å². The summed E-state index contributed by atoms with van der Waals surface area (Å²) in [5.74, 6) is 7.84. The average molecular weight is 429 g/mol. The molecule has 4 unspecified atom stereocenters. The summed E-state index contributed by atoms with van der Waals surface area (Å²) in [5, 5.41) is 2.08. The lowest BCUT2D eigenvalue weighted by Gasteiger charge is -2.48. The molecule has 150 valence electrons. The van der Waals surface area contributed by atoms with E-state index in [0.717, 1.165) is 55.5 Å². The van der Waals surface area contributed by atoms with Crippen LogP contribution in [0.5, 0.6) is 0 Å². The molecule has 35 heavy (non-hydrogen) atoms. The summed E-state index contributed by atoms with van der Waals surface area (Å²) in [6.45, 7) is 8.32. The Balaban J connectivity index is 0.00000167. The fourth-order valence-electron chi connectivity index (χ4n) is 6.13. The van der Waals surface area contributed by atoms with Crippen LogP contribution in [0.1, 0.15) is 57.8 Å². The highest BCUT2D eigenvalue weighted by Crippen LogP contribution is 2.57. The highest BCUT2D eigenvalue weighted by atomic mass is 14.9. The van der Waals surface area contributed by atoms with Gasteiger partial charge in [-0.15, -0.1) is 12.3 Å². The largest absolute Gasteiger partial charge is 0.317 e. The highest BCUT2D eigenvalue weighted by molar-refractivity contribution is 7.47. The predicted octanol–water partition coefficient (Wildman–Crippen LogP) is 1.07. The Hall–Kier alpha value is -1.67. The zero-order chi connectivity index (χ0) is 26.4. The van der Waals surface area contributed by atoms with Crippen molar-refractivity contribution in [2.75, 3.05) is 0 Å². The van der Waals surface area contributed by atoms with Gasteiger partial charge in [0, 0.05) is 80.0 Å². The molecule has 2 heterocycles. The molecule has 0 saturated carbocycles. The monoisotopic (exact) mass is 431 g/mol. The van der Waals surface area contributed by atoms with Crippen molar-refractivity contribution in [3.63, 3.8) is 0 Å². The number of nitrogens with zero attached hydrogens (tertiary/aromatic N) is 1. The number of hydrogen-bond acceptors (Lipinski definition) is 0. The summed E-state index contributed by atoms with van der Waals surface area (Å²) in [5.41, 5.74) is 7.83. The quantitative estimate of drug-likeness (QED) is 0.432. The van der Waals surface area contributed by atoms with Gasteiger partial charge in [-0.05, 0) is 50.2 Å². The average Bonchev–Trinajstić information content (AvgIpc) is 3.32. The molecular weight excluding hydrogens is 409 g/mol.